The SMILES string of the molecule is CC(C)c1nn(-c2ccc(Cl)c(Cl)c2)c(C(C)C)c1C(=O)N1CCCCC1. The minimum Gasteiger partial charge on any atom is -0.339 e. The molecular weight excluding hydrogens is 381 g/mol. The third-order valence-corrected chi connectivity index (χ3v) is 5.79. The summed E-state index contributed by atoms with van der Waals surface area (Å²) < 4.78 is 1.87. The van der Waals surface area contributed by atoms with Gasteiger partial charge < -0.3 is 4.90 Å². The van der Waals surface area contributed by atoms with Crippen molar-refractivity contribution in [3.05, 3.63) is 45.2 Å². The molecule has 3 rings (SSSR count). The van der Waals surface area contributed by atoms with Crippen molar-refractivity contribution in [2.45, 2.75) is 58.8 Å². The zero-order valence-electron chi connectivity index (χ0n) is 16.4. The van der Waals surface area contributed by atoms with E-state index < -0.39 is 0 Å². The Labute approximate surface area is 171 Å². The van der Waals surface area contributed by atoms with Gasteiger partial charge in [-0.05, 0) is 49.3 Å². The highest BCUT2D eigenvalue weighted by Gasteiger charge is 2.31. The van der Waals surface area contributed by atoms with E-state index in [1.807, 2.05) is 21.7 Å². The summed E-state index contributed by atoms with van der Waals surface area (Å²) in [4.78, 5) is 15.4. The molecule has 1 fully saturated rings. The molecule has 0 bridgehead atoms. The third-order valence-electron chi connectivity index (χ3n) is 5.05. The van der Waals surface area contributed by atoms with Crippen LogP contribution in [0.1, 0.15) is 80.5 Å². The molecule has 1 aliphatic rings. The van der Waals surface area contributed by atoms with E-state index in [1.54, 1.807) is 6.07 Å². The first kappa shape index (κ1) is 20.2. The fourth-order valence-corrected chi connectivity index (χ4v) is 3.97. The molecule has 0 unspecified atom stereocenters. The maximum Gasteiger partial charge on any atom is 0.257 e. The van der Waals surface area contributed by atoms with Gasteiger partial charge in [-0.1, -0.05) is 50.9 Å². The molecule has 0 radical (unpaired) electrons. The molecule has 2 heterocycles. The summed E-state index contributed by atoms with van der Waals surface area (Å²) in [6.45, 7) is 10.0. The van der Waals surface area contributed by atoms with Crippen LogP contribution in [0.4, 0.5) is 0 Å². The van der Waals surface area contributed by atoms with E-state index in [1.165, 1.54) is 6.42 Å². The molecule has 2 aromatic rings. The van der Waals surface area contributed by atoms with Crippen molar-refractivity contribution in [1.82, 2.24) is 14.7 Å². The number of likely N-dealkylation sites (tertiary alicyclic amines) is 1. The molecule has 1 aromatic carbocycles. The number of halogens is 2. The van der Waals surface area contributed by atoms with Gasteiger partial charge in [0.25, 0.3) is 5.91 Å². The van der Waals surface area contributed by atoms with Gasteiger partial charge in [-0.2, -0.15) is 5.10 Å². The van der Waals surface area contributed by atoms with Gasteiger partial charge in [0.2, 0.25) is 0 Å². The standard InChI is InChI=1S/C21H27Cl2N3O/c1-13(2)19-18(21(27)25-10-6-5-7-11-25)20(14(3)4)26(24-19)15-8-9-16(22)17(23)12-15/h8-9,12-14H,5-7,10-11H2,1-4H3. The van der Waals surface area contributed by atoms with Crippen LogP contribution < -0.4 is 0 Å². The van der Waals surface area contributed by atoms with Crippen molar-refractivity contribution in [1.29, 1.82) is 0 Å². The Morgan fingerprint density at radius 1 is 1.00 bits per heavy atom. The number of amides is 1. The Balaban J connectivity index is 2.17. The Kier molecular flexibility index (Phi) is 6.17. The number of rotatable bonds is 4. The smallest absolute Gasteiger partial charge is 0.257 e. The number of hydrogen-bond acceptors (Lipinski definition) is 2. The molecule has 27 heavy (non-hydrogen) atoms. The molecular formula is C21H27Cl2N3O. The van der Waals surface area contributed by atoms with Crippen LogP contribution in [0.2, 0.25) is 10.0 Å². The van der Waals surface area contributed by atoms with Gasteiger partial charge in [0, 0.05) is 13.1 Å². The minimum atomic E-state index is 0.105. The quantitative estimate of drug-likeness (QED) is 0.618. The molecule has 1 aliphatic heterocycles. The molecule has 146 valence electrons. The average Bonchev–Trinajstić information content (AvgIpc) is 3.05. The second kappa shape index (κ2) is 8.24. The number of aromatic nitrogens is 2. The van der Waals surface area contributed by atoms with Crippen molar-refractivity contribution >= 4 is 29.1 Å². The predicted octanol–water partition coefficient (Wildman–Crippen LogP) is 6.05. The fourth-order valence-electron chi connectivity index (χ4n) is 3.67. The first-order valence-corrected chi connectivity index (χ1v) is 10.4. The summed E-state index contributed by atoms with van der Waals surface area (Å²) in [6.07, 6.45) is 3.34. The molecule has 0 aliphatic carbocycles. The van der Waals surface area contributed by atoms with Gasteiger partial charge in [-0.3, -0.25) is 4.79 Å². The monoisotopic (exact) mass is 407 g/mol. The average molecular weight is 408 g/mol. The van der Waals surface area contributed by atoms with Crippen molar-refractivity contribution in [2.24, 2.45) is 0 Å². The molecule has 6 heteroatoms. The number of nitrogens with zero attached hydrogens (tertiary/aromatic N) is 3. The van der Waals surface area contributed by atoms with Crippen molar-refractivity contribution in [3.63, 3.8) is 0 Å². The van der Waals surface area contributed by atoms with Crippen LogP contribution in [-0.4, -0.2) is 33.7 Å². The topological polar surface area (TPSA) is 38.1 Å². The summed E-state index contributed by atoms with van der Waals surface area (Å²) in [6, 6.07) is 5.47. The molecule has 0 N–H and O–H groups in total. The lowest BCUT2D eigenvalue weighted by Crippen LogP contribution is -2.36. The van der Waals surface area contributed by atoms with Crippen molar-refractivity contribution < 1.29 is 4.79 Å². The lowest BCUT2D eigenvalue weighted by molar-refractivity contribution is 0.0721. The largest absolute Gasteiger partial charge is 0.339 e. The second-order valence-corrected chi connectivity index (χ2v) is 8.63. The van der Waals surface area contributed by atoms with E-state index in [4.69, 9.17) is 28.3 Å². The van der Waals surface area contributed by atoms with Gasteiger partial charge in [0.15, 0.2) is 0 Å². The van der Waals surface area contributed by atoms with Crippen molar-refractivity contribution in [2.75, 3.05) is 13.1 Å². The second-order valence-electron chi connectivity index (χ2n) is 7.82. The zero-order chi connectivity index (χ0) is 19.7. The highest BCUT2D eigenvalue weighted by Crippen LogP contribution is 2.33. The minimum absolute atomic E-state index is 0.105. The molecule has 4 nitrogen and oxygen atoms in total. The third kappa shape index (κ3) is 4.02. The summed E-state index contributed by atoms with van der Waals surface area (Å²) in [5.41, 5.74) is 3.37. The summed E-state index contributed by atoms with van der Waals surface area (Å²) in [5.74, 6) is 0.395. The van der Waals surface area contributed by atoms with Gasteiger partial charge >= 0.3 is 0 Å². The molecule has 0 atom stereocenters. The van der Waals surface area contributed by atoms with Crippen LogP contribution in [0.15, 0.2) is 18.2 Å². The Morgan fingerprint density at radius 2 is 1.67 bits per heavy atom. The Hall–Kier alpha value is -1.52. The van der Waals surface area contributed by atoms with E-state index in [0.717, 1.165) is 48.6 Å². The molecule has 0 spiro atoms. The summed E-state index contributed by atoms with van der Waals surface area (Å²) in [5, 5.41) is 5.84. The zero-order valence-corrected chi connectivity index (χ0v) is 17.9. The van der Waals surface area contributed by atoms with Gasteiger partial charge in [-0.25, -0.2) is 4.68 Å². The summed E-state index contributed by atoms with van der Waals surface area (Å²) in [7, 11) is 0. The van der Waals surface area contributed by atoms with E-state index >= 15 is 0 Å². The van der Waals surface area contributed by atoms with Crippen LogP contribution in [-0.2, 0) is 0 Å². The first-order chi connectivity index (χ1) is 12.8. The van der Waals surface area contributed by atoms with Crippen LogP contribution in [0.5, 0.6) is 0 Å². The van der Waals surface area contributed by atoms with E-state index in [0.29, 0.717) is 10.0 Å². The van der Waals surface area contributed by atoms with Crippen LogP contribution in [0.3, 0.4) is 0 Å². The van der Waals surface area contributed by atoms with Crippen LogP contribution in [0.25, 0.3) is 5.69 Å². The van der Waals surface area contributed by atoms with Crippen LogP contribution >= 0.6 is 23.2 Å². The molecule has 0 saturated carbocycles. The lowest BCUT2D eigenvalue weighted by Gasteiger charge is -2.27. The molecule has 1 saturated heterocycles. The van der Waals surface area contributed by atoms with Gasteiger partial charge in [0.1, 0.15) is 0 Å². The van der Waals surface area contributed by atoms with Gasteiger partial charge in [-0.15, -0.1) is 0 Å². The maximum absolute atomic E-state index is 13.4. The molecule has 1 aromatic heterocycles. The predicted molar refractivity (Wildman–Crippen MR) is 112 cm³/mol. The summed E-state index contributed by atoms with van der Waals surface area (Å²) >= 11 is 12.3. The number of benzene rings is 1. The normalized spacial score (nSPS) is 15.0. The Bertz CT molecular complexity index is 836. The fraction of sp³-hybridized carbons (Fsp3) is 0.524. The highest BCUT2D eigenvalue weighted by atomic mass is 35.5. The number of piperidine rings is 1. The van der Waals surface area contributed by atoms with Crippen molar-refractivity contribution in [3.8, 4) is 5.69 Å². The van der Waals surface area contributed by atoms with E-state index in [-0.39, 0.29) is 17.7 Å². The lowest BCUT2D eigenvalue weighted by atomic mass is 9.97. The number of carbonyl (C=O) groups is 1. The highest BCUT2D eigenvalue weighted by molar-refractivity contribution is 6.42. The van der Waals surface area contributed by atoms with Gasteiger partial charge in [0.05, 0.1) is 32.7 Å². The maximum atomic E-state index is 13.4. The Morgan fingerprint density at radius 3 is 2.22 bits per heavy atom. The van der Waals surface area contributed by atoms with Crippen LogP contribution in [0, 0.1) is 0 Å². The number of carbonyl (C=O) groups excluding carboxylic acids is 1. The first-order valence-electron chi connectivity index (χ1n) is 9.68. The number of hydrogen-bond donors (Lipinski definition) is 0. The molecule has 1 amide bonds. The van der Waals surface area contributed by atoms with E-state index in [2.05, 4.69) is 27.7 Å². The van der Waals surface area contributed by atoms with E-state index in [9.17, 15) is 4.79 Å².